The van der Waals surface area contributed by atoms with Crippen molar-refractivity contribution < 1.29 is 9.53 Å². The number of nitrogens with one attached hydrogen (secondary N) is 1. The molecule has 0 aromatic heterocycles. The number of hydrogen-bond donors (Lipinski definition) is 2. The van der Waals surface area contributed by atoms with Gasteiger partial charge in [0.05, 0.1) is 19.2 Å². The van der Waals surface area contributed by atoms with Crippen molar-refractivity contribution in [1.29, 1.82) is 0 Å². The highest BCUT2D eigenvalue weighted by molar-refractivity contribution is 5.81. The van der Waals surface area contributed by atoms with E-state index in [-0.39, 0.29) is 11.9 Å². The van der Waals surface area contributed by atoms with Crippen LogP contribution in [0, 0.1) is 0 Å². The molecule has 0 aliphatic carbocycles. The molecule has 0 saturated carbocycles. The predicted octanol–water partition coefficient (Wildman–Crippen LogP) is 2.39. The molecule has 0 aliphatic rings. The van der Waals surface area contributed by atoms with Crippen molar-refractivity contribution in [1.82, 2.24) is 5.32 Å². The van der Waals surface area contributed by atoms with Gasteiger partial charge in [0.25, 0.3) is 0 Å². The van der Waals surface area contributed by atoms with Crippen molar-refractivity contribution in [3.63, 3.8) is 0 Å². The van der Waals surface area contributed by atoms with Crippen molar-refractivity contribution >= 4 is 5.91 Å². The van der Waals surface area contributed by atoms with E-state index in [2.05, 4.69) is 12.2 Å². The number of methoxy groups -OCH3 is 1. The fraction of sp³-hybridized carbons (Fsp3) is 0.533. The largest absolute Gasteiger partial charge is 0.496 e. The number of nitrogens with two attached hydrogens (primary N) is 1. The third-order valence-corrected chi connectivity index (χ3v) is 3.17. The third-order valence-electron chi connectivity index (χ3n) is 3.17. The van der Waals surface area contributed by atoms with Crippen molar-refractivity contribution in [2.45, 2.75) is 45.2 Å². The smallest absolute Gasteiger partial charge is 0.237 e. The lowest BCUT2D eigenvalue weighted by molar-refractivity contribution is -0.123. The molecule has 3 N–H and O–H groups in total. The van der Waals surface area contributed by atoms with Crippen LogP contribution in [-0.4, -0.2) is 19.1 Å². The Morgan fingerprint density at radius 2 is 2.11 bits per heavy atom. The molecule has 0 bridgehead atoms. The van der Waals surface area contributed by atoms with Crippen LogP contribution in [0.3, 0.4) is 0 Å². The van der Waals surface area contributed by atoms with E-state index in [1.807, 2.05) is 31.2 Å². The zero-order valence-corrected chi connectivity index (χ0v) is 12.0. The standard InChI is InChI=1S/C15H24N2O2/c1-4-5-9-13(16)15(18)17-11(2)12-8-6-7-10-14(12)19-3/h6-8,10-11,13H,4-5,9,16H2,1-3H3,(H,17,18)/t11-,13+/m1/s1. The Bertz CT molecular complexity index is 407. The number of rotatable bonds is 7. The molecule has 0 saturated heterocycles. The van der Waals surface area contributed by atoms with Gasteiger partial charge in [-0.05, 0) is 19.4 Å². The first kappa shape index (κ1) is 15.5. The second-order valence-corrected chi connectivity index (χ2v) is 4.72. The van der Waals surface area contributed by atoms with Gasteiger partial charge in [-0.25, -0.2) is 0 Å². The summed E-state index contributed by atoms with van der Waals surface area (Å²) in [5, 5.41) is 2.94. The number of benzene rings is 1. The van der Waals surface area contributed by atoms with Crippen LogP contribution in [0.25, 0.3) is 0 Å². The highest BCUT2D eigenvalue weighted by Gasteiger charge is 2.17. The van der Waals surface area contributed by atoms with Crippen molar-refractivity contribution in [3.05, 3.63) is 29.8 Å². The first-order valence-electron chi connectivity index (χ1n) is 6.79. The van der Waals surface area contributed by atoms with Gasteiger partial charge in [-0.2, -0.15) is 0 Å². The second kappa shape index (κ2) is 7.79. The summed E-state index contributed by atoms with van der Waals surface area (Å²) in [5.41, 5.74) is 6.82. The summed E-state index contributed by atoms with van der Waals surface area (Å²) in [5.74, 6) is 0.671. The molecule has 19 heavy (non-hydrogen) atoms. The number of ether oxygens (including phenoxy) is 1. The predicted molar refractivity (Wildman–Crippen MR) is 77.1 cm³/mol. The molecule has 0 spiro atoms. The molecule has 1 rings (SSSR count). The van der Waals surface area contributed by atoms with Gasteiger partial charge < -0.3 is 15.8 Å². The fourth-order valence-corrected chi connectivity index (χ4v) is 1.98. The topological polar surface area (TPSA) is 64.4 Å². The highest BCUT2D eigenvalue weighted by atomic mass is 16.5. The van der Waals surface area contributed by atoms with Crippen LogP contribution in [0.4, 0.5) is 0 Å². The summed E-state index contributed by atoms with van der Waals surface area (Å²) < 4.78 is 5.29. The van der Waals surface area contributed by atoms with Crippen LogP contribution in [0.15, 0.2) is 24.3 Å². The van der Waals surface area contributed by atoms with Crippen LogP contribution >= 0.6 is 0 Å². The Hall–Kier alpha value is -1.55. The van der Waals surface area contributed by atoms with E-state index in [0.717, 1.165) is 30.6 Å². The van der Waals surface area contributed by atoms with Gasteiger partial charge in [0.2, 0.25) is 5.91 Å². The minimum Gasteiger partial charge on any atom is -0.496 e. The summed E-state index contributed by atoms with van der Waals surface area (Å²) in [7, 11) is 1.63. The zero-order chi connectivity index (χ0) is 14.3. The van der Waals surface area contributed by atoms with Crippen LogP contribution in [-0.2, 0) is 4.79 Å². The van der Waals surface area contributed by atoms with Gasteiger partial charge in [-0.1, -0.05) is 38.0 Å². The summed E-state index contributed by atoms with van der Waals surface area (Å²) in [4.78, 5) is 12.0. The maximum absolute atomic E-state index is 12.0. The summed E-state index contributed by atoms with van der Waals surface area (Å²) in [6.45, 7) is 4.02. The Morgan fingerprint density at radius 3 is 2.74 bits per heavy atom. The molecule has 0 radical (unpaired) electrons. The molecular formula is C15H24N2O2. The zero-order valence-electron chi connectivity index (χ0n) is 12.0. The van der Waals surface area contributed by atoms with E-state index in [0.29, 0.717) is 0 Å². The van der Waals surface area contributed by atoms with E-state index in [4.69, 9.17) is 10.5 Å². The third kappa shape index (κ3) is 4.56. The van der Waals surface area contributed by atoms with Gasteiger partial charge in [0.1, 0.15) is 5.75 Å². The lowest BCUT2D eigenvalue weighted by Crippen LogP contribution is -2.41. The molecule has 1 aromatic rings. The molecule has 4 heteroatoms. The lowest BCUT2D eigenvalue weighted by Gasteiger charge is -2.19. The molecular weight excluding hydrogens is 240 g/mol. The van der Waals surface area contributed by atoms with Gasteiger partial charge in [-0.15, -0.1) is 0 Å². The maximum atomic E-state index is 12.0. The number of carbonyl (C=O) groups excluding carboxylic acids is 1. The molecule has 0 aliphatic heterocycles. The molecule has 2 atom stereocenters. The molecule has 0 heterocycles. The lowest BCUT2D eigenvalue weighted by atomic mass is 10.1. The maximum Gasteiger partial charge on any atom is 0.237 e. The highest BCUT2D eigenvalue weighted by Crippen LogP contribution is 2.24. The average Bonchev–Trinajstić information content (AvgIpc) is 2.44. The van der Waals surface area contributed by atoms with Gasteiger partial charge in [0.15, 0.2) is 0 Å². The van der Waals surface area contributed by atoms with Crippen molar-refractivity contribution in [3.8, 4) is 5.75 Å². The average molecular weight is 264 g/mol. The minimum atomic E-state index is -0.433. The monoisotopic (exact) mass is 264 g/mol. The number of unbranched alkanes of at least 4 members (excludes halogenated alkanes) is 1. The fourth-order valence-electron chi connectivity index (χ4n) is 1.98. The normalized spacial score (nSPS) is 13.7. The van der Waals surface area contributed by atoms with Crippen molar-refractivity contribution in [2.75, 3.05) is 7.11 Å². The second-order valence-electron chi connectivity index (χ2n) is 4.72. The Labute approximate surface area is 115 Å². The van der Waals surface area contributed by atoms with E-state index >= 15 is 0 Å². The van der Waals surface area contributed by atoms with Crippen LogP contribution in [0.5, 0.6) is 5.75 Å². The van der Waals surface area contributed by atoms with E-state index < -0.39 is 6.04 Å². The summed E-state index contributed by atoms with van der Waals surface area (Å²) in [6.07, 6.45) is 2.74. The molecule has 0 unspecified atom stereocenters. The van der Waals surface area contributed by atoms with E-state index in [9.17, 15) is 4.79 Å². The van der Waals surface area contributed by atoms with E-state index in [1.165, 1.54) is 0 Å². The number of hydrogen-bond acceptors (Lipinski definition) is 3. The van der Waals surface area contributed by atoms with E-state index in [1.54, 1.807) is 7.11 Å². The number of amides is 1. The molecule has 0 fully saturated rings. The van der Waals surface area contributed by atoms with Gasteiger partial charge in [0, 0.05) is 5.56 Å². The number of para-hydroxylation sites is 1. The summed E-state index contributed by atoms with van der Waals surface area (Å²) >= 11 is 0. The van der Waals surface area contributed by atoms with Crippen LogP contribution < -0.4 is 15.8 Å². The quantitative estimate of drug-likeness (QED) is 0.794. The molecule has 1 amide bonds. The SMILES string of the molecule is CCCC[C@H](N)C(=O)N[C@H](C)c1ccccc1OC. The first-order chi connectivity index (χ1) is 9.10. The number of carbonyl (C=O) groups is 1. The van der Waals surface area contributed by atoms with Gasteiger partial charge in [-0.3, -0.25) is 4.79 Å². The van der Waals surface area contributed by atoms with Crippen molar-refractivity contribution in [2.24, 2.45) is 5.73 Å². The van der Waals surface area contributed by atoms with Gasteiger partial charge >= 0.3 is 0 Å². The Balaban J connectivity index is 2.63. The minimum absolute atomic E-state index is 0.105. The Kier molecular flexibility index (Phi) is 6.36. The molecule has 4 nitrogen and oxygen atoms in total. The van der Waals surface area contributed by atoms with Crippen LogP contribution in [0.2, 0.25) is 0 Å². The molecule has 106 valence electrons. The Morgan fingerprint density at radius 1 is 1.42 bits per heavy atom. The molecule has 1 aromatic carbocycles. The summed E-state index contributed by atoms with van der Waals surface area (Å²) in [6, 6.07) is 7.12. The van der Waals surface area contributed by atoms with Crippen LogP contribution in [0.1, 0.15) is 44.7 Å². The first-order valence-corrected chi connectivity index (χ1v) is 6.79.